The fraction of sp³-hybridized carbons (Fsp3) is 0.263. The molecule has 2 aromatic rings. The first-order valence-corrected chi connectivity index (χ1v) is 9.02. The number of nitrogens with zero attached hydrogens (tertiary/aromatic N) is 1. The number of thiophene rings is 1. The molecule has 1 aliphatic rings. The van der Waals surface area contributed by atoms with Gasteiger partial charge < -0.3 is 10.2 Å². The molecular formula is C19H19ClF2N2S. The minimum absolute atomic E-state index is 0.00625. The van der Waals surface area contributed by atoms with Gasteiger partial charge in [-0.25, -0.2) is 8.78 Å². The maximum absolute atomic E-state index is 12.9. The van der Waals surface area contributed by atoms with Crippen LogP contribution in [0.5, 0.6) is 0 Å². The summed E-state index contributed by atoms with van der Waals surface area (Å²) in [5, 5.41) is 6.05. The summed E-state index contributed by atoms with van der Waals surface area (Å²) in [4.78, 5) is 2.85. The van der Waals surface area contributed by atoms with E-state index in [9.17, 15) is 8.78 Å². The highest BCUT2D eigenvalue weighted by atomic mass is 35.5. The average Bonchev–Trinajstić information content (AvgIpc) is 3.00. The number of benzene rings is 1. The van der Waals surface area contributed by atoms with Crippen LogP contribution < -0.4 is 5.32 Å². The van der Waals surface area contributed by atoms with Crippen molar-refractivity contribution in [3.63, 3.8) is 0 Å². The van der Waals surface area contributed by atoms with Gasteiger partial charge in [-0.1, -0.05) is 49.0 Å². The Bertz CT molecular complexity index is 815. The molecule has 2 heterocycles. The number of hydrogen-bond acceptors (Lipinski definition) is 3. The molecule has 1 fully saturated rings. The Labute approximate surface area is 155 Å². The molecule has 1 aromatic heterocycles. The second kappa shape index (κ2) is 6.46. The van der Waals surface area contributed by atoms with Gasteiger partial charge >= 0.3 is 0 Å². The van der Waals surface area contributed by atoms with Gasteiger partial charge in [-0.2, -0.15) is 0 Å². The Kier molecular flexibility index (Phi) is 4.64. The van der Waals surface area contributed by atoms with Crippen molar-refractivity contribution in [1.29, 1.82) is 0 Å². The predicted molar refractivity (Wildman–Crippen MR) is 100.0 cm³/mol. The predicted octanol–water partition coefficient (Wildman–Crippen LogP) is 5.86. The van der Waals surface area contributed by atoms with Gasteiger partial charge in [-0.3, -0.25) is 0 Å². The molecule has 1 N–H and O–H groups in total. The molecule has 3 rings (SSSR count). The molecule has 0 spiro atoms. The van der Waals surface area contributed by atoms with Crippen molar-refractivity contribution >= 4 is 22.9 Å². The zero-order chi connectivity index (χ0) is 18.4. The Morgan fingerprint density at radius 3 is 2.40 bits per heavy atom. The number of hydrogen-bond donors (Lipinski definition) is 1. The van der Waals surface area contributed by atoms with E-state index in [-0.39, 0.29) is 11.5 Å². The molecule has 0 radical (unpaired) electrons. The lowest BCUT2D eigenvalue weighted by molar-refractivity contribution is 0.151. The van der Waals surface area contributed by atoms with Gasteiger partial charge in [0.05, 0.1) is 22.3 Å². The van der Waals surface area contributed by atoms with Crippen LogP contribution in [0.1, 0.15) is 35.3 Å². The summed E-state index contributed by atoms with van der Waals surface area (Å²) in [6, 6.07) is 8.26. The molecule has 25 heavy (non-hydrogen) atoms. The highest BCUT2D eigenvalue weighted by Crippen LogP contribution is 2.49. The van der Waals surface area contributed by atoms with E-state index >= 15 is 0 Å². The van der Waals surface area contributed by atoms with E-state index in [2.05, 4.69) is 18.5 Å². The lowest BCUT2D eigenvalue weighted by Crippen LogP contribution is -2.53. The molecule has 0 bridgehead atoms. The summed E-state index contributed by atoms with van der Waals surface area (Å²) < 4.78 is 25.8. The van der Waals surface area contributed by atoms with Crippen LogP contribution in [0, 0.1) is 0 Å². The second-order valence-electron chi connectivity index (χ2n) is 6.32. The first kappa shape index (κ1) is 18.0. The zero-order valence-corrected chi connectivity index (χ0v) is 15.6. The largest absolute Gasteiger partial charge is 0.361 e. The average molecular weight is 381 g/mol. The zero-order valence-electron chi connectivity index (χ0n) is 14.0. The molecule has 1 aromatic carbocycles. The van der Waals surface area contributed by atoms with E-state index in [1.807, 2.05) is 30.3 Å². The fourth-order valence-electron chi connectivity index (χ4n) is 3.37. The highest BCUT2D eigenvalue weighted by molar-refractivity contribution is 7.10. The Morgan fingerprint density at radius 2 is 1.88 bits per heavy atom. The molecule has 2 atom stereocenters. The molecule has 0 aliphatic carbocycles. The highest BCUT2D eigenvalue weighted by Gasteiger charge is 2.46. The van der Waals surface area contributed by atoms with Crippen molar-refractivity contribution in [3.05, 3.63) is 81.4 Å². The molecule has 2 unspecified atom stereocenters. The van der Waals surface area contributed by atoms with E-state index in [0.717, 1.165) is 22.0 Å². The first-order chi connectivity index (χ1) is 11.8. The molecule has 1 aliphatic heterocycles. The molecule has 6 heteroatoms. The summed E-state index contributed by atoms with van der Waals surface area (Å²) in [7, 11) is 1.88. The number of likely N-dealkylation sites (N-methyl/N-ethyl adjacent to an activating group) is 1. The van der Waals surface area contributed by atoms with Crippen LogP contribution in [0.15, 0.2) is 60.4 Å². The van der Waals surface area contributed by atoms with Gasteiger partial charge in [0.2, 0.25) is 0 Å². The maximum Gasteiger partial charge on any atom is 0.263 e. The Hall–Kier alpha value is -1.85. The number of halogens is 3. The van der Waals surface area contributed by atoms with Gasteiger partial charge in [0.1, 0.15) is 0 Å². The van der Waals surface area contributed by atoms with Crippen molar-refractivity contribution in [1.82, 2.24) is 10.2 Å². The summed E-state index contributed by atoms with van der Waals surface area (Å²) in [6.07, 6.45) is -2.48. The van der Waals surface area contributed by atoms with Gasteiger partial charge in [0, 0.05) is 23.2 Å². The van der Waals surface area contributed by atoms with E-state index in [1.54, 1.807) is 23.5 Å². The third kappa shape index (κ3) is 2.96. The third-order valence-corrected chi connectivity index (χ3v) is 6.34. The Morgan fingerprint density at radius 1 is 1.24 bits per heavy atom. The molecule has 0 amide bonds. The first-order valence-electron chi connectivity index (χ1n) is 7.76. The molecule has 132 valence electrons. The van der Waals surface area contributed by atoms with E-state index in [0.29, 0.717) is 5.02 Å². The summed E-state index contributed by atoms with van der Waals surface area (Å²) in [6.45, 7) is 10.3. The SMILES string of the molecule is C=C1NC(C)(c2sccc2Cl)C(c2ccc(C(F)F)cc2)C(=C)N1C. The van der Waals surface area contributed by atoms with Crippen LogP contribution in [0.25, 0.3) is 0 Å². The van der Waals surface area contributed by atoms with Gasteiger partial charge in [0.25, 0.3) is 6.43 Å². The van der Waals surface area contributed by atoms with Crippen LogP contribution in [0.4, 0.5) is 8.78 Å². The van der Waals surface area contributed by atoms with Crippen LogP contribution in [-0.2, 0) is 5.54 Å². The van der Waals surface area contributed by atoms with Crippen LogP contribution in [0.2, 0.25) is 5.02 Å². The summed E-state index contributed by atoms with van der Waals surface area (Å²) in [5.74, 6) is 0.545. The lowest BCUT2D eigenvalue weighted by Gasteiger charge is -2.49. The quantitative estimate of drug-likeness (QED) is 0.717. The van der Waals surface area contributed by atoms with Crippen molar-refractivity contribution in [2.24, 2.45) is 0 Å². The summed E-state index contributed by atoms with van der Waals surface area (Å²) in [5.41, 5.74) is 1.17. The lowest BCUT2D eigenvalue weighted by atomic mass is 9.75. The monoisotopic (exact) mass is 380 g/mol. The molecular weight excluding hydrogens is 362 g/mol. The van der Waals surface area contributed by atoms with Crippen molar-refractivity contribution in [2.45, 2.75) is 24.8 Å². The summed E-state index contributed by atoms with van der Waals surface area (Å²) >= 11 is 7.96. The van der Waals surface area contributed by atoms with Crippen molar-refractivity contribution in [3.8, 4) is 0 Å². The van der Waals surface area contributed by atoms with Crippen LogP contribution in [0.3, 0.4) is 0 Å². The second-order valence-corrected chi connectivity index (χ2v) is 7.65. The molecule has 2 nitrogen and oxygen atoms in total. The Balaban J connectivity index is 2.13. The van der Waals surface area contributed by atoms with Crippen LogP contribution in [-0.4, -0.2) is 11.9 Å². The van der Waals surface area contributed by atoms with E-state index < -0.39 is 12.0 Å². The minimum Gasteiger partial charge on any atom is -0.361 e. The molecule has 1 saturated heterocycles. The number of alkyl halides is 2. The standard InChI is InChI=1S/C19H19ClF2N2S/c1-11-16(13-5-7-14(8-6-13)18(21)22)19(3,23-12(2)24(11)4)17-15(20)9-10-25-17/h5-10,16,18,23H,1-2H2,3-4H3. The van der Waals surface area contributed by atoms with Gasteiger partial charge in [-0.05, 0) is 23.9 Å². The van der Waals surface area contributed by atoms with Crippen molar-refractivity contribution in [2.75, 3.05) is 7.05 Å². The number of nitrogens with one attached hydrogen (secondary N) is 1. The molecule has 0 saturated carbocycles. The fourth-order valence-corrected chi connectivity index (χ4v) is 4.77. The van der Waals surface area contributed by atoms with Crippen LogP contribution >= 0.6 is 22.9 Å². The van der Waals surface area contributed by atoms with E-state index in [4.69, 9.17) is 11.6 Å². The smallest absolute Gasteiger partial charge is 0.263 e. The topological polar surface area (TPSA) is 15.3 Å². The number of rotatable bonds is 3. The minimum atomic E-state index is -2.48. The van der Waals surface area contributed by atoms with Crippen molar-refractivity contribution < 1.29 is 8.78 Å². The normalized spacial score (nSPS) is 23.9. The third-order valence-electron chi connectivity index (χ3n) is 4.76. The van der Waals surface area contributed by atoms with Gasteiger partial charge in [0.15, 0.2) is 0 Å². The van der Waals surface area contributed by atoms with E-state index in [1.165, 1.54) is 12.1 Å². The maximum atomic E-state index is 12.9. The van der Waals surface area contributed by atoms with Gasteiger partial charge in [-0.15, -0.1) is 11.3 Å².